The van der Waals surface area contributed by atoms with E-state index in [0.29, 0.717) is 0 Å². The van der Waals surface area contributed by atoms with E-state index in [2.05, 4.69) is 86.0 Å². The highest BCUT2D eigenvalue weighted by atomic mass is 32.1. The van der Waals surface area contributed by atoms with Crippen LogP contribution >= 0.6 is 11.3 Å². The maximum absolute atomic E-state index is 4.28. The Morgan fingerprint density at radius 1 is 1.12 bits per heavy atom. The second-order valence-corrected chi connectivity index (χ2v) is 7.88. The number of hydrogen-bond acceptors (Lipinski definition) is 1. The average molecular weight is 335 g/mol. The molecule has 24 heavy (non-hydrogen) atoms. The monoisotopic (exact) mass is 334 g/mol. The summed E-state index contributed by atoms with van der Waals surface area (Å²) in [6.45, 7) is 11.3. The topological polar surface area (TPSA) is 3.88 Å². The molecule has 3 aromatic rings. The Bertz CT molecular complexity index is 938. The van der Waals surface area contributed by atoms with Gasteiger partial charge in [-0.2, -0.15) is 4.57 Å². The van der Waals surface area contributed by atoms with Crippen LogP contribution in [0.4, 0.5) is 0 Å². The van der Waals surface area contributed by atoms with E-state index >= 15 is 0 Å². The molecule has 2 heteroatoms. The van der Waals surface area contributed by atoms with Crippen LogP contribution in [-0.4, -0.2) is 0 Å². The molecule has 0 saturated heterocycles. The van der Waals surface area contributed by atoms with Crippen molar-refractivity contribution in [3.05, 3.63) is 66.2 Å². The zero-order chi connectivity index (χ0) is 16.9. The van der Waals surface area contributed by atoms with Crippen LogP contribution < -0.4 is 4.57 Å². The summed E-state index contributed by atoms with van der Waals surface area (Å²) in [7, 11) is 0. The van der Waals surface area contributed by atoms with Crippen LogP contribution in [0.25, 0.3) is 21.3 Å². The van der Waals surface area contributed by atoms with Crippen molar-refractivity contribution in [2.24, 2.45) is 0 Å². The van der Waals surface area contributed by atoms with Crippen molar-refractivity contribution >= 4 is 21.4 Å². The highest BCUT2D eigenvalue weighted by molar-refractivity contribution is 7.17. The molecule has 0 fully saturated rings. The third-order valence-electron chi connectivity index (χ3n) is 6.32. The standard InChI is InChI=1S/C22H24NS/c1-5-21(4)22(6-2,7-3)18-11-9-8-10-16(18)20-17-13-15-24-19(17)12-14-23(20)21/h6,8-15H,2,5,7H2,1,3-4H3/q+1. The van der Waals surface area contributed by atoms with Crippen molar-refractivity contribution in [1.82, 2.24) is 0 Å². The zero-order valence-corrected chi connectivity index (χ0v) is 15.5. The lowest BCUT2D eigenvalue weighted by Gasteiger charge is -2.46. The largest absolute Gasteiger partial charge is 0.222 e. The van der Waals surface area contributed by atoms with Crippen molar-refractivity contribution in [3.8, 4) is 11.3 Å². The van der Waals surface area contributed by atoms with Gasteiger partial charge < -0.3 is 0 Å². The lowest BCUT2D eigenvalue weighted by Crippen LogP contribution is -2.67. The molecule has 0 aliphatic carbocycles. The Kier molecular flexibility index (Phi) is 3.43. The van der Waals surface area contributed by atoms with Crippen molar-refractivity contribution < 1.29 is 4.57 Å². The molecule has 1 aliphatic heterocycles. The maximum Gasteiger partial charge on any atom is 0.222 e. The van der Waals surface area contributed by atoms with Gasteiger partial charge in [0.1, 0.15) is 0 Å². The number of allylic oxidation sites excluding steroid dienone is 1. The Hall–Kier alpha value is -1.93. The fraction of sp³-hybridized carbons (Fsp3) is 0.318. The smallest absolute Gasteiger partial charge is 0.191 e. The van der Waals surface area contributed by atoms with Crippen LogP contribution in [0.3, 0.4) is 0 Å². The molecular formula is C22H24NS+. The molecule has 0 bridgehead atoms. The first-order valence-corrected chi connectivity index (χ1v) is 9.66. The minimum absolute atomic E-state index is 0.0245. The van der Waals surface area contributed by atoms with Crippen molar-refractivity contribution in [1.29, 1.82) is 0 Å². The summed E-state index contributed by atoms with van der Waals surface area (Å²) in [6.07, 6.45) is 6.60. The van der Waals surface area contributed by atoms with Gasteiger partial charge in [0, 0.05) is 24.1 Å². The van der Waals surface area contributed by atoms with Crippen LogP contribution in [-0.2, 0) is 11.0 Å². The Morgan fingerprint density at radius 3 is 2.62 bits per heavy atom. The minimum atomic E-state index is -0.0558. The van der Waals surface area contributed by atoms with Gasteiger partial charge in [-0.3, -0.25) is 0 Å². The van der Waals surface area contributed by atoms with E-state index in [1.165, 1.54) is 26.9 Å². The molecule has 2 unspecified atom stereocenters. The zero-order valence-electron chi connectivity index (χ0n) is 14.7. The first-order chi connectivity index (χ1) is 11.6. The SMILES string of the molecule is C=CC1(CC)c2ccccc2-c2c3ccsc3cc[n+]2C1(C)CC. The summed E-state index contributed by atoms with van der Waals surface area (Å²) in [5, 5.41) is 3.57. The number of pyridine rings is 1. The van der Waals surface area contributed by atoms with Gasteiger partial charge in [0.2, 0.25) is 5.69 Å². The molecule has 2 aromatic heterocycles. The number of hydrogen-bond donors (Lipinski definition) is 0. The lowest BCUT2D eigenvalue weighted by molar-refractivity contribution is -0.762. The van der Waals surface area contributed by atoms with Gasteiger partial charge in [-0.25, -0.2) is 0 Å². The molecular weight excluding hydrogens is 310 g/mol. The van der Waals surface area contributed by atoms with E-state index in [1.54, 1.807) is 0 Å². The highest BCUT2D eigenvalue weighted by Gasteiger charge is 2.57. The molecule has 0 spiro atoms. The number of rotatable bonds is 3. The van der Waals surface area contributed by atoms with E-state index in [-0.39, 0.29) is 11.0 Å². The molecule has 0 N–H and O–H groups in total. The second kappa shape index (κ2) is 5.29. The van der Waals surface area contributed by atoms with Gasteiger partial charge in [0.05, 0.1) is 16.4 Å². The predicted octanol–water partition coefficient (Wildman–Crippen LogP) is 5.83. The van der Waals surface area contributed by atoms with E-state index in [9.17, 15) is 0 Å². The summed E-state index contributed by atoms with van der Waals surface area (Å²) >= 11 is 1.82. The normalized spacial score (nSPS) is 25.3. The number of nitrogens with zero attached hydrogens (tertiary/aromatic N) is 1. The van der Waals surface area contributed by atoms with Gasteiger partial charge in [-0.05, 0) is 29.5 Å². The lowest BCUT2D eigenvalue weighted by atomic mass is 9.59. The molecule has 1 aromatic carbocycles. The summed E-state index contributed by atoms with van der Waals surface area (Å²) < 4.78 is 3.88. The highest BCUT2D eigenvalue weighted by Crippen LogP contribution is 2.51. The first-order valence-electron chi connectivity index (χ1n) is 8.78. The molecule has 0 saturated carbocycles. The predicted molar refractivity (Wildman–Crippen MR) is 104 cm³/mol. The summed E-state index contributed by atoms with van der Waals surface area (Å²) in [4.78, 5) is 0. The van der Waals surface area contributed by atoms with Crippen LogP contribution in [0.2, 0.25) is 0 Å². The molecule has 3 heterocycles. The van der Waals surface area contributed by atoms with Crippen molar-refractivity contribution in [2.75, 3.05) is 0 Å². The Balaban J connectivity index is 2.22. The van der Waals surface area contributed by atoms with E-state index in [0.717, 1.165) is 12.8 Å². The van der Waals surface area contributed by atoms with Crippen LogP contribution in [0.5, 0.6) is 0 Å². The molecule has 1 nitrogen and oxygen atoms in total. The number of benzene rings is 1. The van der Waals surface area contributed by atoms with Gasteiger partial charge >= 0.3 is 0 Å². The van der Waals surface area contributed by atoms with Crippen LogP contribution in [0, 0.1) is 0 Å². The quantitative estimate of drug-likeness (QED) is 0.419. The summed E-state index contributed by atoms with van der Waals surface area (Å²) in [5.74, 6) is 0. The molecule has 0 amide bonds. The fourth-order valence-electron chi connectivity index (χ4n) is 4.79. The van der Waals surface area contributed by atoms with Gasteiger partial charge in [0.15, 0.2) is 11.7 Å². The van der Waals surface area contributed by atoms with Crippen molar-refractivity contribution in [2.45, 2.75) is 44.6 Å². The second-order valence-electron chi connectivity index (χ2n) is 6.93. The van der Waals surface area contributed by atoms with E-state index < -0.39 is 0 Å². The fourth-order valence-corrected chi connectivity index (χ4v) is 5.58. The summed E-state index contributed by atoms with van der Waals surface area (Å²) in [6, 6.07) is 13.5. The molecule has 0 radical (unpaired) electrons. The third kappa shape index (κ3) is 1.67. The van der Waals surface area contributed by atoms with Gasteiger partial charge in [-0.15, -0.1) is 17.9 Å². The minimum Gasteiger partial charge on any atom is -0.191 e. The van der Waals surface area contributed by atoms with E-state index in [1.807, 2.05) is 11.3 Å². The number of fused-ring (bicyclic) bond motifs is 5. The molecule has 122 valence electrons. The molecule has 4 rings (SSSR count). The number of thiophene rings is 1. The average Bonchev–Trinajstić information content (AvgIpc) is 3.11. The molecule has 2 atom stereocenters. The summed E-state index contributed by atoms with van der Waals surface area (Å²) in [5.41, 5.74) is 4.06. The third-order valence-corrected chi connectivity index (χ3v) is 7.20. The van der Waals surface area contributed by atoms with Crippen LogP contribution in [0.1, 0.15) is 39.2 Å². The Labute approximate surface area is 148 Å². The first kappa shape index (κ1) is 15.6. The maximum atomic E-state index is 4.28. The van der Waals surface area contributed by atoms with Gasteiger partial charge in [0.25, 0.3) is 0 Å². The van der Waals surface area contributed by atoms with E-state index in [4.69, 9.17) is 0 Å². The van der Waals surface area contributed by atoms with Gasteiger partial charge in [-0.1, -0.05) is 38.1 Å². The Morgan fingerprint density at radius 2 is 1.92 bits per heavy atom. The number of aromatic nitrogens is 1. The van der Waals surface area contributed by atoms with Crippen LogP contribution in [0.15, 0.2) is 60.6 Å². The van der Waals surface area contributed by atoms with Crippen molar-refractivity contribution in [3.63, 3.8) is 0 Å². The molecule has 1 aliphatic rings.